The van der Waals surface area contributed by atoms with Gasteiger partial charge in [-0.3, -0.25) is 0 Å². The lowest BCUT2D eigenvalue weighted by molar-refractivity contribution is 1.06. The summed E-state index contributed by atoms with van der Waals surface area (Å²) in [6.07, 6.45) is 0. The maximum Gasteiger partial charge on any atom is 0.104 e. The summed E-state index contributed by atoms with van der Waals surface area (Å²) in [5.41, 5.74) is 28.2. The van der Waals surface area contributed by atoms with Crippen LogP contribution in [0.1, 0.15) is 33.4 Å². The molecule has 3 aromatic heterocycles. The maximum absolute atomic E-state index is 13.5. The van der Waals surface area contributed by atoms with Gasteiger partial charge in [-0.1, -0.05) is 235 Å². The molecule has 3 heterocycles. The summed E-state index contributed by atoms with van der Waals surface area (Å²) in [6, 6.07) is 114. The molecule has 0 aliphatic carbocycles. The van der Waals surface area contributed by atoms with E-state index < -0.39 is 0 Å². The van der Waals surface area contributed by atoms with Crippen molar-refractivity contribution in [2.45, 2.75) is 34.6 Å². The van der Waals surface area contributed by atoms with Gasteiger partial charge >= 0.3 is 0 Å². The molecule has 17 rings (SSSR count). The van der Waals surface area contributed by atoms with Crippen LogP contribution in [0.5, 0.6) is 0 Å². The fourth-order valence-corrected chi connectivity index (χ4v) is 15.0. The zero-order valence-corrected chi connectivity index (χ0v) is 53.6. The molecule has 5 heteroatoms. The minimum atomic E-state index is 0.502. The van der Waals surface area contributed by atoms with Crippen molar-refractivity contribution in [3.8, 4) is 78.8 Å². The molecule has 0 fully saturated rings. The van der Waals surface area contributed by atoms with E-state index in [1.165, 1.54) is 11.1 Å². The van der Waals surface area contributed by atoms with Gasteiger partial charge in [0.25, 0.3) is 0 Å². The molecule has 0 unspecified atom stereocenters. The largest absolute Gasteiger partial charge is 0.307 e. The van der Waals surface area contributed by atoms with Gasteiger partial charge in [0.2, 0.25) is 0 Å². The van der Waals surface area contributed by atoms with Crippen LogP contribution in [-0.4, -0.2) is 13.7 Å². The highest BCUT2D eigenvalue weighted by Crippen LogP contribution is 2.56. The van der Waals surface area contributed by atoms with Crippen LogP contribution in [0, 0.1) is 45.9 Å². The second kappa shape index (κ2) is 22.9. The predicted molar refractivity (Wildman–Crippen MR) is 400 cm³/mol. The van der Waals surface area contributed by atoms with Crippen LogP contribution in [0.4, 0.5) is 17.1 Å². The standard InChI is InChI=1S/C90H65N5/c1-57-31-40-71(41-32-57)92(79-42-33-58(2)49-61(79)5)89-86(66-29-19-10-20-30-66)90(95-80-43-34-59(3)50-72(80)73-51-60(4)35-44-81(73)95)88(94-84-47-38-69(64-25-15-8-16-26-64)54-76(84)77-55-70(39-48-85(77)94)65-27-17-9-18-28-65)78(56-91)87(89)93-82-45-36-67(62-21-11-6-12-22-62)52-74(82)75-53-68(37-46-83(75)93)63-23-13-7-14-24-63/h6-55H,1-5H3. The minimum Gasteiger partial charge on any atom is -0.307 e. The van der Waals surface area contributed by atoms with Crippen LogP contribution in [0.2, 0.25) is 0 Å². The predicted octanol–water partition coefficient (Wildman–Crippen LogP) is 24.2. The zero-order chi connectivity index (χ0) is 64.0. The first-order valence-corrected chi connectivity index (χ1v) is 32.7. The van der Waals surface area contributed by atoms with Crippen LogP contribution >= 0.6 is 0 Å². The second-order valence-corrected chi connectivity index (χ2v) is 25.5. The number of hydrogen-bond acceptors (Lipinski definition) is 2. The highest BCUT2D eigenvalue weighted by Gasteiger charge is 2.37. The van der Waals surface area contributed by atoms with E-state index in [9.17, 15) is 5.26 Å². The Balaban J connectivity index is 1.16. The molecule has 14 aromatic carbocycles. The Hall–Kier alpha value is -12.2. The first-order chi connectivity index (χ1) is 46.6. The SMILES string of the molecule is Cc1ccc(N(c2ccc(C)cc2C)c2c(-c3ccccc3)c(-n3c4ccc(C)cc4c4cc(C)ccc43)c(-n3c4ccc(-c5ccccc5)cc4c4cc(-c5ccccc5)ccc43)c(C#N)c2-n2c3ccc(-c4ccccc4)cc3c3cc(-c4ccccc4)ccc32)cc1. The number of aromatic nitrogens is 3. The van der Waals surface area contributed by atoms with E-state index in [0.29, 0.717) is 5.56 Å². The van der Waals surface area contributed by atoms with Crippen molar-refractivity contribution >= 4 is 82.5 Å². The van der Waals surface area contributed by atoms with Gasteiger partial charge in [0.05, 0.1) is 55.8 Å². The first-order valence-electron chi connectivity index (χ1n) is 32.7. The Labute approximate surface area is 553 Å². The number of nitriles is 1. The molecular weight excluding hydrogens is 1150 g/mol. The Kier molecular flexibility index (Phi) is 13.6. The lowest BCUT2D eigenvalue weighted by Crippen LogP contribution is -2.20. The zero-order valence-electron chi connectivity index (χ0n) is 53.6. The van der Waals surface area contributed by atoms with Gasteiger partial charge in [-0.05, 0) is 181 Å². The van der Waals surface area contributed by atoms with Gasteiger partial charge in [0.1, 0.15) is 11.6 Å². The fourth-order valence-electron chi connectivity index (χ4n) is 15.0. The van der Waals surface area contributed by atoms with E-state index in [1.54, 1.807) is 0 Å². The highest BCUT2D eigenvalue weighted by atomic mass is 15.2. The van der Waals surface area contributed by atoms with E-state index in [4.69, 9.17) is 0 Å². The number of rotatable bonds is 11. The molecule has 0 saturated heterocycles. The van der Waals surface area contributed by atoms with E-state index in [0.717, 1.165) is 172 Å². The molecule has 0 spiro atoms. The number of nitrogens with zero attached hydrogens (tertiary/aromatic N) is 5. The number of fused-ring (bicyclic) bond motifs is 9. The fraction of sp³-hybridized carbons (Fsp3) is 0.0556. The smallest absolute Gasteiger partial charge is 0.104 e. The van der Waals surface area contributed by atoms with Crippen LogP contribution in [0.3, 0.4) is 0 Å². The molecule has 0 aliphatic heterocycles. The molecule has 0 bridgehead atoms. The van der Waals surface area contributed by atoms with Crippen molar-refractivity contribution in [2.24, 2.45) is 0 Å². The summed E-state index contributed by atoms with van der Waals surface area (Å²) in [4.78, 5) is 2.47. The van der Waals surface area contributed by atoms with Gasteiger partial charge in [-0.15, -0.1) is 0 Å². The lowest BCUT2D eigenvalue weighted by Gasteiger charge is -2.35. The monoisotopic (exact) mass is 1220 g/mol. The maximum atomic E-state index is 13.5. The summed E-state index contributed by atoms with van der Waals surface area (Å²) < 4.78 is 7.40. The summed E-state index contributed by atoms with van der Waals surface area (Å²) in [5.74, 6) is 0. The van der Waals surface area contributed by atoms with E-state index >= 15 is 0 Å². The molecule has 450 valence electrons. The number of hydrogen-bond donors (Lipinski definition) is 0. The third-order valence-corrected chi connectivity index (χ3v) is 19.4. The average Bonchev–Trinajstić information content (AvgIpc) is 1.61. The Bertz CT molecular complexity index is 5680. The topological polar surface area (TPSA) is 41.8 Å². The van der Waals surface area contributed by atoms with Gasteiger partial charge in [0.15, 0.2) is 0 Å². The highest BCUT2D eigenvalue weighted by molar-refractivity contribution is 6.18. The number of anilines is 3. The summed E-state index contributed by atoms with van der Waals surface area (Å²) in [6.45, 7) is 10.9. The molecule has 0 amide bonds. The second-order valence-electron chi connectivity index (χ2n) is 25.5. The van der Waals surface area contributed by atoms with E-state index in [-0.39, 0.29) is 0 Å². The molecule has 95 heavy (non-hydrogen) atoms. The quantitative estimate of drug-likeness (QED) is 0.130. The van der Waals surface area contributed by atoms with Crippen molar-refractivity contribution in [3.05, 3.63) is 337 Å². The third kappa shape index (κ3) is 9.44. The van der Waals surface area contributed by atoms with Crippen molar-refractivity contribution in [1.82, 2.24) is 13.7 Å². The Morgan fingerprint density at radius 2 is 0.589 bits per heavy atom. The van der Waals surface area contributed by atoms with Gasteiger partial charge in [0, 0.05) is 49.3 Å². The molecule has 0 N–H and O–H groups in total. The van der Waals surface area contributed by atoms with Gasteiger partial charge < -0.3 is 18.6 Å². The van der Waals surface area contributed by atoms with Gasteiger partial charge in [-0.25, -0.2) is 0 Å². The summed E-state index contributed by atoms with van der Waals surface area (Å²) in [5, 5.41) is 20.1. The molecule has 0 saturated carbocycles. The molecule has 0 aliphatic rings. The number of benzene rings is 14. The Morgan fingerprint density at radius 1 is 0.274 bits per heavy atom. The molecule has 0 radical (unpaired) electrons. The van der Waals surface area contributed by atoms with Crippen LogP contribution in [0.25, 0.3) is 138 Å². The molecule has 5 nitrogen and oxygen atoms in total. The molecule has 0 atom stereocenters. The lowest BCUT2D eigenvalue weighted by atomic mass is 9.92. The van der Waals surface area contributed by atoms with E-state index in [1.807, 2.05) is 0 Å². The van der Waals surface area contributed by atoms with Gasteiger partial charge in [-0.2, -0.15) is 5.26 Å². The summed E-state index contributed by atoms with van der Waals surface area (Å²) in [7, 11) is 0. The normalized spacial score (nSPS) is 11.6. The first kappa shape index (κ1) is 56.7. The van der Waals surface area contributed by atoms with Crippen molar-refractivity contribution < 1.29 is 0 Å². The van der Waals surface area contributed by atoms with Crippen LogP contribution in [0.15, 0.2) is 303 Å². The van der Waals surface area contributed by atoms with Crippen LogP contribution < -0.4 is 4.90 Å². The van der Waals surface area contributed by atoms with Crippen LogP contribution in [-0.2, 0) is 0 Å². The molecular formula is C90H65N5. The van der Waals surface area contributed by atoms with Crippen molar-refractivity contribution in [2.75, 3.05) is 4.90 Å². The average molecular weight is 1220 g/mol. The third-order valence-electron chi connectivity index (χ3n) is 19.4. The molecule has 17 aromatic rings. The minimum absolute atomic E-state index is 0.502. The number of aryl methyl sites for hydroxylation is 5. The summed E-state index contributed by atoms with van der Waals surface area (Å²) >= 11 is 0. The van der Waals surface area contributed by atoms with E-state index in [2.05, 4.69) is 363 Å². The van der Waals surface area contributed by atoms with Crippen molar-refractivity contribution in [3.63, 3.8) is 0 Å². The Morgan fingerprint density at radius 3 is 0.968 bits per heavy atom. The van der Waals surface area contributed by atoms with Crippen molar-refractivity contribution in [1.29, 1.82) is 5.26 Å².